The van der Waals surface area contributed by atoms with E-state index < -0.39 is 17.6 Å². The molecule has 0 spiro atoms. The maximum atomic E-state index is 12.6. The van der Waals surface area contributed by atoms with Crippen LogP contribution in [0.2, 0.25) is 5.02 Å². The molecule has 0 fully saturated rings. The molecule has 0 aliphatic carbocycles. The van der Waals surface area contributed by atoms with Crippen molar-refractivity contribution in [1.82, 2.24) is 0 Å². The molecule has 0 radical (unpaired) electrons. The minimum atomic E-state index is -4.42. The van der Waals surface area contributed by atoms with E-state index in [0.29, 0.717) is 10.6 Å². The van der Waals surface area contributed by atoms with Gasteiger partial charge < -0.3 is 5.32 Å². The molecule has 0 atom stereocenters. The zero-order valence-electron chi connectivity index (χ0n) is 12.0. The minimum Gasteiger partial charge on any atom is -0.325 e. The first-order valence-electron chi connectivity index (χ1n) is 6.59. The lowest BCUT2D eigenvalue weighted by Crippen LogP contribution is -2.14. The molecule has 1 N–H and O–H groups in total. The molecule has 0 heterocycles. The number of anilines is 1. The molecule has 0 aliphatic heterocycles. The summed E-state index contributed by atoms with van der Waals surface area (Å²) in [6, 6.07) is 11.1. The second-order valence-corrected chi connectivity index (χ2v) is 6.12. The molecule has 0 saturated carbocycles. The van der Waals surface area contributed by atoms with Crippen LogP contribution < -0.4 is 5.32 Å². The fourth-order valence-electron chi connectivity index (χ4n) is 1.79. The van der Waals surface area contributed by atoms with Crippen molar-refractivity contribution in [2.75, 3.05) is 11.1 Å². The largest absolute Gasteiger partial charge is 0.416 e. The number of benzene rings is 2. The molecule has 0 bridgehead atoms. The van der Waals surface area contributed by atoms with Gasteiger partial charge in [-0.1, -0.05) is 17.7 Å². The van der Waals surface area contributed by atoms with Crippen LogP contribution in [0, 0.1) is 11.3 Å². The Bertz CT molecular complexity index is 803. The van der Waals surface area contributed by atoms with Crippen LogP contribution in [0.3, 0.4) is 0 Å². The van der Waals surface area contributed by atoms with Gasteiger partial charge in [0.15, 0.2) is 0 Å². The molecule has 0 aromatic heterocycles. The van der Waals surface area contributed by atoms with Gasteiger partial charge in [-0.05, 0) is 36.4 Å². The highest BCUT2D eigenvalue weighted by Crippen LogP contribution is 2.32. The second-order valence-electron chi connectivity index (χ2n) is 4.67. The molecule has 8 heteroatoms. The Hall–Kier alpha value is -2.17. The number of hydrogen-bond donors (Lipinski definition) is 1. The van der Waals surface area contributed by atoms with E-state index in [1.54, 1.807) is 0 Å². The molecule has 1 amide bonds. The molecule has 2 aromatic carbocycles. The Morgan fingerprint density at radius 1 is 1.25 bits per heavy atom. The van der Waals surface area contributed by atoms with Crippen LogP contribution >= 0.6 is 23.4 Å². The van der Waals surface area contributed by atoms with Crippen LogP contribution in [-0.2, 0) is 11.0 Å². The maximum absolute atomic E-state index is 12.6. The van der Waals surface area contributed by atoms with E-state index >= 15 is 0 Å². The number of hydrogen-bond acceptors (Lipinski definition) is 3. The van der Waals surface area contributed by atoms with Crippen molar-refractivity contribution in [3.8, 4) is 6.07 Å². The van der Waals surface area contributed by atoms with Crippen LogP contribution in [0.1, 0.15) is 11.1 Å². The van der Waals surface area contributed by atoms with E-state index in [-0.39, 0.29) is 16.3 Å². The molecule has 0 unspecified atom stereocenters. The van der Waals surface area contributed by atoms with E-state index in [0.717, 1.165) is 23.9 Å². The van der Waals surface area contributed by atoms with Gasteiger partial charge in [0.25, 0.3) is 0 Å². The summed E-state index contributed by atoms with van der Waals surface area (Å²) in [5.74, 6) is -0.447. The number of carbonyl (C=O) groups is 1. The lowest BCUT2D eigenvalue weighted by atomic mass is 10.2. The van der Waals surface area contributed by atoms with Crippen LogP contribution in [0.15, 0.2) is 47.4 Å². The van der Waals surface area contributed by atoms with Crippen molar-refractivity contribution in [3.63, 3.8) is 0 Å². The number of amides is 1. The van der Waals surface area contributed by atoms with Crippen molar-refractivity contribution < 1.29 is 18.0 Å². The van der Waals surface area contributed by atoms with Gasteiger partial charge in [0, 0.05) is 10.6 Å². The molecule has 3 nitrogen and oxygen atoms in total. The quantitative estimate of drug-likeness (QED) is 0.774. The summed E-state index contributed by atoms with van der Waals surface area (Å²) in [5.41, 5.74) is -0.0616. The normalized spacial score (nSPS) is 11.0. The lowest BCUT2D eigenvalue weighted by molar-refractivity contribution is -0.137. The second kappa shape index (κ2) is 7.60. The average molecular weight is 371 g/mol. The summed E-state index contributed by atoms with van der Waals surface area (Å²) in [6.07, 6.45) is -4.42. The van der Waals surface area contributed by atoms with Gasteiger partial charge in [0.05, 0.1) is 21.9 Å². The zero-order valence-corrected chi connectivity index (χ0v) is 13.6. The number of rotatable bonds is 4. The number of nitrogens with zero attached hydrogens (tertiary/aromatic N) is 1. The van der Waals surface area contributed by atoms with Gasteiger partial charge in [-0.25, -0.2) is 0 Å². The molecular formula is C16H10ClF3N2OS. The van der Waals surface area contributed by atoms with Crippen LogP contribution in [-0.4, -0.2) is 11.7 Å². The molecule has 0 saturated heterocycles. The summed E-state index contributed by atoms with van der Waals surface area (Å²) < 4.78 is 37.9. The van der Waals surface area contributed by atoms with Crippen molar-refractivity contribution in [1.29, 1.82) is 5.26 Å². The number of alkyl halides is 3. The van der Waals surface area contributed by atoms with Crippen LogP contribution in [0.4, 0.5) is 18.9 Å². The standard InChI is InChI=1S/C16H10ClF3N2OS/c17-14-7-12(5-4-10(14)8-21)22-15(23)9-24-13-3-1-2-11(6-13)16(18,19)20/h1-7H,9H2,(H,22,23). The fraction of sp³-hybridized carbons (Fsp3) is 0.125. The third-order valence-corrected chi connectivity index (χ3v) is 4.21. The van der Waals surface area contributed by atoms with E-state index in [4.69, 9.17) is 16.9 Å². The van der Waals surface area contributed by atoms with Crippen LogP contribution in [0.5, 0.6) is 0 Å². The first-order valence-corrected chi connectivity index (χ1v) is 7.95. The number of carbonyl (C=O) groups excluding carboxylic acids is 1. The summed E-state index contributed by atoms with van der Waals surface area (Å²) >= 11 is 6.85. The monoisotopic (exact) mass is 370 g/mol. The Balaban J connectivity index is 1.97. The van der Waals surface area contributed by atoms with E-state index in [9.17, 15) is 18.0 Å². The first kappa shape index (κ1) is 18.2. The zero-order chi connectivity index (χ0) is 17.7. The summed E-state index contributed by atoms with van der Waals surface area (Å²) in [4.78, 5) is 12.2. The highest BCUT2D eigenvalue weighted by atomic mass is 35.5. The predicted octanol–water partition coefficient (Wildman–Crippen LogP) is 4.96. The number of halogens is 4. The Kier molecular flexibility index (Phi) is 5.75. The average Bonchev–Trinajstić information content (AvgIpc) is 2.53. The Morgan fingerprint density at radius 3 is 2.62 bits per heavy atom. The van der Waals surface area contributed by atoms with Gasteiger partial charge >= 0.3 is 6.18 Å². The highest BCUT2D eigenvalue weighted by Gasteiger charge is 2.30. The SMILES string of the molecule is N#Cc1ccc(NC(=O)CSc2cccc(C(F)(F)F)c2)cc1Cl. The lowest BCUT2D eigenvalue weighted by Gasteiger charge is -2.09. The molecule has 2 rings (SSSR count). The van der Waals surface area contributed by atoms with E-state index in [2.05, 4.69) is 5.32 Å². The summed E-state index contributed by atoms with van der Waals surface area (Å²) in [7, 11) is 0. The smallest absolute Gasteiger partial charge is 0.325 e. The molecule has 2 aromatic rings. The maximum Gasteiger partial charge on any atom is 0.416 e. The first-order chi connectivity index (χ1) is 11.3. The topological polar surface area (TPSA) is 52.9 Å². The molecule has 24 heavy (non-hydrogen) atoms. The summed E-state index contributed by atoms with van der Waals surface area (Å²) in [6.45, 7) is 0. The van der Waals surface area contributed by atoms with Crippen molar-refractivity contribution >= 4 is 35.0 Å². The molecule has 124 valence electrons. The van der Waals surface area contributed by atoms with Gasteiger partial charge in [-0.15, -0.1) is 11.8 Å². The minimum absolute atomic E-state index is 0.0566. The number of nitriles is 1. The van der Waals surface area contributed by atoms with Gasteiger partial charge in [0.2, 0.25) is 5.91 Å². The van der Waals surface area contributed by atoms with Crippen molar-refractivity contribution in [3.05, 3.63) is 58.6 Å². The summed E-state index contributed by atoms with van der Waals surface area (Å²) in [5, 5.41) is 11.6. The third-order valence-electron chi connectivity index (χ3n) is 2.90. The Labute approximate surface area is 145 Å². The fourth-order valence-corrected chi connectivity index (χ4v) is 2.77. The van der Waals surface area contributed by atoms with E-state index in [1.807, 2.05) is 6.07 Å². The molecule has 0 aliphatic rings. The van der Waals surface area contributed by atoms with Gasteiger partial charge in [-0.3, -0.25) is 4.79 Å². The van der Waals surface area contributed by atoms with Gasteiger partial charge in [-0.2, -0.15) is 18.4 Å². The van der Waals surface area contributed by atoms with E-state index in [1.165, 1.54) is 30.3 Å². The Morgan fingerprint density at radius 2 is 2.00 bits per heavy atom. The van der Waals surface area contributed by atoms with Crippen molar-refractivity contribution in [2.24, 2.45) is 0 Å². The predicted molar refractivity (Wildman–Crippen MR) is 87.0 cm³/mol. The van der Waals surface area contributed by atoms with Gasteiger partial charge in [0.1, 0.15) is 6.07 Å². The van der Waals surface area contributed by atoms with Crippen LogP contribution in [0.25, 0.3) is 0 Å². The highest BCUT2D eigenvalue weighted by molar-refractivity contribution is 8.00. The third kappa shape index (κ3) is 4.91. The van der Waals surface area contributed by atoms with Crippen molar-refractivity contribution in [2.45, 2.75) is 11.1 Å². The molecular weight excluding hydrogens is 361 g/mol. The number of nitrogens with one attached hydrogen (secondary N) is 1. The number of thioether (sulfide) groups is 1.